The molecule has 1 aromatic rings. The smallest absolute Gasteiger partial charge is 0.223 e. The van der Waals surface area contributed by atoms with E-state index in [4.69, 9.17) is 10.5 Å². The molecular weight excluding hydrogens is 276 g/mol. The van der Waals surface area contributed by atoms with Gasteiger partial charge in [-0.05, 0) is 31.4 Å². The summed E-state index contributed by atoms with van der Waals surface area (Å²) in [6.07, 6.45) is 1.13. The number of fused-ring (bicyclic) bond motifs is 1. The Morgan fingerprint density at radius 3 is 2.85 bits per heavy atom. The molecule has 1 amide bonds. The molecule has 0 spiro atoms. The van der Waals surface area contributed by atoms with Gasteiger partial charge >= 0.3 is 0 Å². The lowest BCUT2D eigenvalue weighted by Crippen LogP contribution is -2.49. The number of carbonyl (C=O) groups is 1. The molecule has 4 nitrogen and oxygen atoms in total. The Bertz CT molecular complexity index is 463. The first kappa shape index (κ1) is 17.0. The van der Waals surface area contributed by atoms with Gasteiger partial charge in [0, 0.05) is 12.1 Å². The largest absolute Gasteiger partial charge is 0.373 e. The highest BCUT2D eigenvalue weighted by Gasteiger charge is 2.25. The first-order chi connectivity index (χ1) is 9.02. The zero-order valence-electron chi connectivity index (χ0n) is 12.0. The molecule has 20 heavy (non-hydrogen) atoms. The molecule has 0 saturated carbocycles. The summed E-state index contributed by atoms with van der Waals surface area (Å²) in [5.41, 5.74) is 7.66. The van der Waals surface area contributed by atoms with Crippen LogP contribution in [-0.4, -0.2) is 24.6 Å². The summed E-state index contributed by atoms with van der Waals surface area (Å²) in [5, 5.41) is 2.94. The van der Waals surface area contributed by atoms with Crippen molar-refractivity contribution < 1.29 is 9.53 Å². The van der Waals surface area contributed by atoms with Gasteiger partial charge in [-0.15, -0.1) is 12.4 Å². The summed E-state index contributed by atoms with van der Waals surface area (Å²) < 4.78 is 5.73. The van der Waals surface area contributed by atoms with Gasteiger partial charge < -0.3 is 15.8 Å². The topological polar surface area (TPSA) is 64.3 Å². The van der Waals surface area contributed by atoms with Crippen LogP contribution in [0.4, 0.5) is 0 Å². The summed E-state index contributed by atoms with van der Waals surface area (Å²) in [6.45, 7) is 4.93. The van der Waals surface area contributed by atoms with E-state index in [2.05, 4.69) is 11.4 Å². The van der Waals surface area contributed by atoms with Gasteiger partial charge in [-0.25, -0.2) is 0 Å². The molecule has 112 valence electrons. The lowest BCUT2D eigenvalue weighted by molar-refractivity contribution is -0.125. The van der Waals surface area contributed by atoms with E-state index in [1.165, 1.54) is 5.56 Å². The zero-order chi connectivity index (χ0) is 13.9. The van der Waals surface area contributed by atoms with Crippen LogP contribution in [0.2, 0.25) is 0 Å². The molecule has 1 unspecified atom stereocenters. The molecule has 0 aromatic heterocycles. The number of hydrogen-bond donors (Lipinski definition) is 2. The maximum Gasteiger partial charge on any atom is 0.223 e. The molecule has 1 atom stereocenters. The number of hydrogen-bond acceptors (Lipinski definition) is 3. The summed E-state index contributed by atoms with van der Waals surface area (Å²) in [6, 6.07) is 8.16. The monoisotopic (exact) mass is 298 g/mol. The normalized spacial score (nSPS) is 17.9. The molecule has 1 aromatic carbocycles. The fraction of sp³-hybridized carbons (Fsp3) is 0.533. The lowest BCUT2D eigenvalue weighted by atomic mass is 9.95. The Kier molecular flexibility index (Phi) is 5.99. The van der Waals surface area contributed by atoms with Crippen LogP contribution in [0, 0.1) is 0 Å². The van der Waals surface area contributed by atoms with Crippen LogP contribution in [0.15, 0.2) is 24.3 Å². The van der Waals surface area contributed by atoms with Gasteiger partial charge in [-0.1, -0.05) is 24.3 Å². The van der Waals surface area contributed by atoms with E-state index in [0.717, 1.165) is 12.0 Å². The van der Waals surface area contributed by atoms with Crippen molar-refractivity contribution in [2.75, 3.05) is 13.2 Å². The minimum Gasteiger partial charge on any atom is -0.373 e. The summed E-state index contributed by atoms with van der Waals surface area (Å²) >= 11 is 0. The van der Waals surface area contributed by atoms with Crippen molar-refractivity contribution in [1.29, 1.82) is 0 Å². The Morgan fingerprint density at radius 1 is 1.45 bits per heavy atom. The standard InChI is InChI=1S/C15H22N2O2.ClH/c1-15(2,10-16)17-14(18)9-13-12-6-4-3-5-11(12)7-8-19-13;/h3-6,13H,7-10,16H2,1-2H3,(H,17,18);1H. The van der Waals surface area contributed by atoms with Crippen LogP contribution >= 0.6 is 12.4 Å². The van der Waals surface area contributed by atoms with E-state index >= 15 is 0 Å². The number of carbonyl (C=O) groups excluding carboxylic acids is 1. The molecule has 0 aliphatic carbocycles. The number of halogens is 1. The molecule has 5 heteroatoms. The third-order valence-electron chi connectivity index (χ3n) is 3.45. The Labute approximate surface area is 126 Å². The summed E-state index contributed by atoms with van der Waals surface area (Å²) in [5.74, 6) is -0.0165. The summed E-state index contributed by atoms with van der Waals surface area (Å²) in [4.78, 5) is 12.0. The van der Waals surface area contributed by atoms with E-state index in [-0.39, 0.29) is 30.0 Å². The van der Waals surface area contributed by atoms with E-state index in [9.17, 15) is 4.79 Å². The fourth-order valence-electron chi connectivity index (χ4n) is 2.29. The highest BCUT2D eigenvalue weighted by atomic mass is 35.5. The average Bonchev–Trinajstić information content (AvgIpc) is 2.38. The molecule has 0 bridgehead atoms. The minimum atomic E-state index is -0.370. The van der Waals surface area contributed by atoms with Crippen LogP contribution in [0.1, 0.15) is 37.5 Å². The molecule has 0 radical (unpaired) electrons. The van der Waals surface area contributed by atoms with Gasteiger partial charge in [0.1, 0.15) is 0 Å². The van der Waals surface area contributed by atoms with Gasteiger partial charge in [-0.3, -0.25) is 4.79 Å². The highest BCUT2D eigenvalue weighted by molar-refractivity contribution is 5.85. The van der Waals surface area contributed by atoms with Crippen molar-refractivity contribution >= 4 is 18.3 Å². The first-order valence-corrected chi connectivity index (χ1v) is 6.72. The Hall–Kier alpha value is -1.10. The van der Waals surface area contributed by atoms with Gasteiger partial charge in [0.05, 0.1) is 19.1 Å². The molecule has 3 N–H and O–H groups in total. The molecule has 1 heterocycles. The van der Waals surface area contributed by atoms with Gasteiger partial charge in [0.2, 0.25) is 5.91 Å². The number of rotatable bonds is 4. The molecular formula is C15H23ClN2O2. The SMILES string of the molecule is CC(C)(CN)NC(=O)CC1OCCc2ccccc21.Cl. The van der Waals surface area contributed by atoms with Crippen LogP contribution in [0.3, 0.4) is 0 Å². The summed E-state index contributed by atoms with van der Waals surface area (Å²) in [7, 11) is 0. The second-order valence-electron chi connectivity index (χ2n) is 5.65. The van der Waals surface area contributed by atoms with Crippen LogP contribution in [-0.2, 0) is 16.0 Å². The second-order valence-corrected chi connectivity index (χ2v) is 5.65. The predicted octanol–water partition coefficient (Wildman–Crippen LogP) is 1.97. The van der Waals surface area contributed by atoms with Gasteiger partial charge in [0.25, 0.3) is 0 Å². The quantitative estimate of drug-likeness (QED) is 0.893. The van der Waals surface area contributed by atoms with Crippen LogP contribution in [0.5, 0.6) is 0 Å². The van der Waals surface area contributed by atoms with Crippen molar-refractivity contribution in [3.63, 3.8) is 0 Å². The fourth-order valence-corrected chi connectivity index (χ4v) is 2.29. The molecule has 0 fully saturated rings. The Morgan fingerprint density at radius 2 is 2.15 bits per heavy atom. The first-order valence-electron chi connectivity index (χ1n) is 6.72. The van der Waals surface area contributed by atoms with Crippen molar-refractivity contribution in [2.24, 2.45) is 5.73 Å². The maximum absolute atomic E-state index is 12.0. The third-order valence-corrected chi connectivity index (χ3v) is 3.45. The molecule has 1 aliphatic heterocycles. The van der Waals surface area contributed by atoms with E-state index in [1.807, 2.05) is 32.0 Å². The van der Waals surface area contributed by atoms with E-state index in [0.29, 0.717) is 19.6 Å². The van der Waals surface area contributed by atoms with Gasteiger partial charge in [-0.2, -0.15) is 0 Å². The van der Waals surface area contributed by atoms with Gasteiger partial charge in [0.15, 0.2) is 0 Å². The number of amides is 1. The molecule has 2 rings (SSSR count). The number of nitrogens with one attached hydrogen (secondary N) is 1. The number of ether oxygens (including phenoxy) is 1. The maximum atomic E-state index is 12.0. The van der Waals surface area contributed by atoms with Crippen LogP contribution < -0.4 is 11.1 Å². The number of nitrogens with two attached hydrogens (primary N) is 1. The lowest BCUT2D eigenvalue weighted by Gasteiger charge is -2.28. The number of benzene rings is 1. The van der Waals surface area contributed by atoms with Crippen molar-refractivity contribution in [1.82, 2.24) is 5.32 Å². The second kappa shape index (κ2) is 7.07. The highest BCUT2D eigenvalue weighted by Crippen LogP contribution is 2.29. The van der Waals surface area contributed by atoms with Crippen molar-refractivity contribution in [3.05, 3.63) is 35.4 Å². The van der Waals surface area contributed by atoms with E-state index in [1.54, 1.807) is 0 Å². The zero-order valence-corrected chi connectivity index (χ0v) is 12.8. The average molecular weight is 299 g/mol. The van der Waals surface area contributed by atoms with Crippen LogP contribution in [0.25, 0.3) is 0 Å². The Balaban J connectivity index is 0.00000200. The van der Waals surface area contributed by atoms with Crippen molar-refractivity contribution in [3.8, 4) is 0 Å². The molecule has 0 saturated heterocycles. The predicted molar refractivity (Wildman–Crippen MR) is 82.0 cm³/mol. The molecule has 1 aliphatic rings. The van der Waals surface area contributed by atoms with E-state index < -0.39 is 0 Å². The minimum absolute atomic E-state index is 0. The van der Waals surface area contributed by atoms with Crippen molar-refractivity contribution in [2.45, 2.75) is 38.3 Å². The third kappa shape index (κ3) is 4.20.